The number of ether oxygens (including phenoxy) is 2. The van der Waals surface area contributed by atoms with E-state index in [0.29, 0.717) is 0 Å². The van der Waals surface area contributed by atoms with Crippen molar-refractivity contribution in [1.29, 1.82) is 0 Å². The molecule has 0 saturated carbocycles. The fourth-order valence-electron chi connectivity index (χ4n) is 1.82. The lowest BCUT2D eigenvalue weighted by Gasteiger charge is -2.15. The second-order valence-electron chi connectivity index (χ2n) is 3.70. The van der Waals surface area contributed by atoms with E-state index in [2.05, 4.69) is 9.89 Å². The molecular formula is C12H16N2O2. The maximum absolute atomic E-state index is 5.27. The van der Waals surface area contributed by atoms with Gasteiger partial charge in [0.05, 0.1) is 20.8 Å². The van der Waals surface area contributed by atoms with Crippen molar-refractivity contribution in [3.8, 4) is 11.5 Å². The van der Waals surface area contributed by atoms with Gasteiger partial charge >= 0.3 is 0 Å². The van der Waals surface area contributed by atoms with E-state index in [9.17, 15) is 0 Å². The summed E-state index contributed by atoms with van der Waals surface area (Å²) in [6.07, 6.45) is 0. The highest BCUT2D eigenvalue weighted by molar-refractivity contribution is 6.00. The number of nitrogens with zero attached hydrogens (tertiary/aromatic N) is 2. The van der Waals surface area contributed by atoms with E-state index >= 15 is 0 Å². The molecule has 0 spiro atoms. The molecule has 0 N–H and O–H groups in total. The largest absolute Gasteiger partial charge is 0.493 e. The van der Waals surface area contributed by atoms with E-state index in [4.69, 9.17) is 9.47 Å². The van der Waals surface area contributed by atoms with Gasteiger partial charge in [-0.15, -0.1) is 0 Å². The predicted octanol–water partition coefficient (Wildman–Crippen LogP) is 1.40. The van der Waals surface area contributed by atoms with Crippen LogP contribution < -0.4 is 9.47 Å². The van der Waals surface area contributed by atoms with Gasteiger partial charge in [-0.2, -0.15) is 0 Å². The number of likely N-dealkylation sites (N-methyl/N-ethyl adjacent to an activating group) is 1. The van der Waals surface area contributed by atoms with Crippen molar-refractivity contribution in [1.82, 2.24) is 4.90 Å². The summed E-state index contributed by atoms with van der Waals surface area (Å²) in [5, 5.41) is 0. The lowest BCUT2D eigenvalue weighted by molar-refractivity contribution is 0.355. The van der Waals surface area contributed by atoms with E-state index in [1.807, 2.05) is 25.2 Å². The first-order valence-electron chi connectivity index (χ1n) is 5.24. The van der Waals surface area contributed by atoms with Crippen molar-refractivity contribution in [2.75, 3.05) is 34.4 Å². The maximum atomic E-state index is 5.27. The number of hydrogen-bond donors (Lipinski definition) is 0. The molecule has 0 radical (unpaired) electrons. The molecule has 16 heavy (non-hydrogen) atoms. The summed E-state index contributed by atoms with van der Waals surface area (Å²) in [5.41, 5.74) is 1.07. The molecule has 0 unspecified atom stereocenters. The molecule has 0 amide bonds. The van der Waals surface area contributed by atoms with Crippen molar-refractivity contribution in [2.45, 2.75) is 0 Å². The quantitative estimate of drug-likeness (QED) is 0.772. The third-order valence-corrected chi connectivity index (χ3v) is 2.70. The SMILES string of the molecule is COc1ccc(C2=NCCN2C)cc1OC. The van der Waals surface area contributed by atoms with Gasteiger partial charge in [-0.1, -0.05) is 0 Å². The van der Waals surface area contributed by atoms with Crippen molar-refractivity contribution >= 4 is 5.84 Å². The topological polar surface area (TPSA) is 34.1 Å². The molecule has 4 heteroatoms. The standard InChI is InChI=1S/C12H16N2O2/c1-14-7-6-13-12(14)9-4-5-10(15-2)11(8-9)16-3/h4-5,8H,6-7H2,1-3H3. The minimum absolute atomic E-state index is 0.739. The van der Waals surface area contributed by atoms with Gasteiger partial charge in [-0.3, -0.25) is 4.99 Å². The molecule has 0 fully saturated rings. The van der Waals surface area contributed by atoms with E-state index in [0.717, 1.165) is 36.0 Å². The number of benzene rings is 1. The molecular weight excluding hydrogens is 204 g/mol. The monoisotopic (exact) mass is 220 g/mol. The van der Waals surface area contributed by atoms with Gasteiger partial charge in [0.2, 0.25) is 0 Å². The Morgan fingerprint density at radius 2 is 1.94 bits per heavy atom. The van der Waals surface area contributed by atoms with Crippen LogP contribution in [0.1, 0.15) is 5.56 Å². The summed E-state index contributed by atoms with van der Waals surface area (Å²) in [6, 6.07) is 5.87. The zero-order chi connectivity index (χ0) is 11.5. The summed E-state index contributed by atoms with van der Waals surface area (Å²) in [5.74, 6) is 2.50. The van der Waals surface area contributed by atoms with Gasteiger partial charge in [-0.05, 0) is 18.2 Å². The molecule has 0 aromatic heterocycles. The number of aliphatic imine (C=N–C) groups is 1. The molecule has 1 aliphatic heterocycles. The number of rotatable bonds is 3. The summed E-state index contributed by atoms with van der Waals surface area (Å²) < 4.78 is 10.5. The molecule has 86 valence electrons. The van der Waals surface area contributed by atoms with Crippen LogP contribution in [-0.4, -0.2) is 45.1 Å². The Hall–Kier alpha value is -1.71. The summed E-state index contributed by atoms with van der Waals surface area (Å²) in [6.45, 7) is 1.84. The maximum Gasteiger partial charge on any atom is 0.161 e. The zero-order valence-corrected chi connectivity index (χ0v) is 9.86. The third-order valence-electron chi connectivity index (χ3n) is 2.70. The predicted molar refractivity (Wildman–Crippen MR) is 63.6 cm³/mol. The van der Waals surface area contributed by atoms with Crippen molar-refractivity contribution < 1.29 is 9.47 Å². The average Bonchev–Trinajstić information content (AvgIpc) is 2.74. The Kier molecular flexibility index (Phi) is 2.99. The van der Waals surface area contributed by atoms with Gasteiger partial charge in [0.1, 0.15) is 5.84 Å². The molecule has 1 aromatic rings. The fourth-order valence-corrected chi connectivity index (χ4v) is 1.82. The second-order valence-corrected chi connectivity index (χ2v) is 3.70. The first-order valence-corrected chi connectivity index (χ1v) is 5.24. The molecule has 2 rings (SSSR count). The van der Waals surface area contributed by atoms with Gasteiger partial charge in [0.15, 0.2) is 11.5 Å². The molecule has 1 aromatic carbocycles. The van der Waals surface area contributed by atoms with Gasteiger partial charge < -0.3 is 14.4 Å². The van der Waals surface area contributed by atoms with E-state index < -0.39 is 0 Å². The van der Waals surface area contributed by atoms with Gasteiger partial charge in [0.25, 0.3) is 0 Å². The van der Waals surface area contributed by atoms with E-state index in [1.54, 1.807) is 14.2 Å². The first-order chi connectivity index (χ1) is 7.76. The Morgan fingerprint density at radius 3 is 2.50 bits per heavy atom. The van der Waals surface area contributed by atoms with Crippen LogP contribution in [0.4, 0.5) is 0 Å². The zero-order valence-electron chi connectivity index (χ0n) is 9.86. The first kappa shape index (κ1) is 10.8. The van der Waals surface area contributed by atoms with Crippen LogP contribution in [0.3, 0.4) is 0 Å². The number of methoxy groups -OCH3 is 2. The Balaban J connectivity index is 2.36. The highest BCUT2D eigenvalue weighted by Gasteiger charge is 2.16. The van der Waals surface area contributed by atoms with Crippen molar-refractivity contribution in [3.63, 3.8) is 0 Å². The Labute approximate surface area is 95.5 Å². The molecule has 0 aliphatic carbocycles. The second kappa shape index (κ2) is 4.43. The third kappa shape index (κ3) is 1.83. The highest BCUT2D eigenvalue weighted by atomic mass is 16.5. The van der Waals surface area contributed by atoms with Crippen molar-refractivity contribution in [3.05, 3.63) is 23.8 Å². The van der Waals surface area contributed by atoms with E-state index in [1.165, 1.54) is 0 Å². The molecule has 4 nitrogen and oxygen atoms in total. The highest BCUT2D eigenvalue weighted by Crippen LogP contribution is 2.28. The van der Waals surface area contributed by atoms with Crippen LogP contribution >= 0.6 is 0 Å². The van der Waals surface area contributed by atoms with Crippen LogP contribution in [0.25, 0.3) is 0 Å². The molecule has 1 heterocycles. The summed E-state index contributed by atoms with van der Waals surface area (Å²) >= 11 is 0. The van der Waals surface area contributed by atoms with Crippen LogP contribution in [0.2, 0.25) is 0 Å². The van der Waals surface area contributed by atoms with Crippen LogP contribution in [0, 0.1) is 0 Å². The minimum atomic E-state index is 0.739. The molecule has 0 bridgehead atoms. The Bertz CT molecular complexity index is 415. The minimum Gasteiger partial charge on any atom is -0.493 e. The van der Waals surface area contributed by atoms with Crippen LogP contribution in [0.5, 0.6) is 11.5 Å². The fraction of sp³-hybridized carbons (Fsp3) is 0.417. The van der Waals surface area contributed by atoms with Gasteiger partial charge in [0, 0.05) is 19.2 Å². The average molecular weight is 220 g/mol. The number of amidine groups is 1. The van der Waals surface area contributed by atoms with Crippen LogP contribution in [0.15, 0.2) is 23.2 Å². The van der Waals surface area contributed by atoms with Gasteiger partial charge in [-0.25, -0.2) is 0 Å². The molecule has 0 saturated heterocycles. The van der Waals surface area contributed by atoms with Crippen molar-refractivity contribution in [2.24, 2.45) is 4.99 Å². The lowest BCUT2D eigenvalue weighted by atomic mass is 10.1. The summed E-state index contributed by atoms with van der Waals surface area (Å²) in [4.78, 5) is 6.60. The van der Waals surface area contributed by atoms with E-state index in [-0.39, 0.29) is 0 Å². The lowest BCUT2D eigenvalue weighted by Crippen LogP contribution is -2.23. The molecule has 0 atom stereocenters. The smallest absolute Gasteiger partial charge is 0.161 e. The number of hydrogen-bond acceptors (Lipinski definition) is 4. The molecule has 1 aliphatic rings. The van der Waals surface area contributed by atoms with Crippen LogP contribution in [-0.2, 0) is 0 Å². The summed E-state index contributed by atoms with van der Waals surface area (Å²) in [7, 11) is 5.32. The normalized spacial score (nSPS) is 14.9. The Morgan fingerprint density at radius 1 is 1.19 bits per heavy atom.